The van der Waals surface area contributed by atoms with Crippen molar-refractivity contribution in [1.82, 2.24) is 19.5 Å². The number of halogens is 2. The van der Waals surface area contributed by atoms with E-state index in [9.17, 15) is 0 Å². The highest BCUT2D eigenvalue weighted by atomic mass is 35.5. The summed E-state index contributed by atoms with van der Waals surface area (Å²) in [7, 11) is 0. The van der Waals surface area contributed by atoms with E-state index in [0.717, 1.165) is 13.0 Å². The minimum Gasteiger partial charge on any atom is -0.379 e. The Hall–Kier alpha value is -0.910. The van der Waals surface area contributed by atoms with E-state index < -0.39 is 0 Å². The zero-order chi connectivity index (χ0) is 11.1. The molecule has 0 bridgehead atoms. The molecular formula is C9H8Cl2N4O. The molecule has 3 rings (SSSR count). The number of hydrogen-bond acceptors (Lipinski definition) is 4. The summed E-state index contributed by atoms with van der Waals surface area (Å²) in [5.74, 6) is 0. The fourth-order valence-electron chi connectivity index (χ4n) is 1.87. The van der Waals surface area contributed by atoms with Gasteiger partial charge in [0.2, 0.25) is 5.28 Å². The van der Waals surface area contributed by atoms with Crippen LogP contribution in [0, 0.1) is 0 Å². The average Bonchev–Trinajstić information content (AvgIpc) is 2.83. The highest BCUT2D eigenvalue weighted by molar-refractivity contribution is 6.35. The van der Waals surface area contributed by atoms with E-state index in [2.05, 4.69) is 15.0 Å². The lowest BCUT2D eigenvalue weighted by molar-refractivity contribution is 0.187. The van der Waals surface area contributed by atoms with Crippen molar-refractivity contribution in [2.45, 2.75) is 12.5 Å². The molecule has 1 aliphatic rings. The summed E-state index contributed by atoms with van der Waals surface area (Å²) in [5.41, 5.74) is 1.25. The highest BCUT2D eigenvalue weighted by Crippen LogP contribution is 2.26. The van der Waals surface area contributed by atoms with Crippen molar-refractivity contribution in [2.24, 2.45) is 0 Å². The number of hydrogen-bond donors (Lipinski definition) is 0. The van der Waals surface area contributed by atoms with E-state index in [0.29, 0.717) is 17.8 Å². The third kappa shape index (κ3) is 1.55. The van der Waals surface area contributed by atoms with Gasteiger partial charge in [0.05, 0.1) is 19.0 Å². The van der Waals surface area contributed by atoms with Crippen molar-refractivity contribution in [3.05, 3.63) is 16.8 Å². The van der Waals surface area contributed by atoms with E-state index in [-0.39, 0.29) is 16.5 Å². The number of aromatic nitrogens is 4. The highest BCUT2D eigenvalue weighted by Gasteiger charge is 2.21. The van der Waals surface area contributed by atoms with Gasteiger partial charge in [-0.1, -0.05) is 11.6 Å². The van der Waals surface area contributed by atoms with Crippen LogP contribution in [0.5, 0.6) is 0 Å². The maximum absolute atomic E-state index is 5.94. The molecule has 0 unspecified atom stereocenters. The molecule has 7 heteroatoms. The molecule has 2 aromatic heterocycles. The van der Waals surface area contributed by atoms with Crippen LogP contribution in [0.4, 0.5) is 0 Å². The second kappa shape index (κ2) is 3.84. The Balaban J connectivity index is 2.18. The van der Waals surface area contributed by atoms with E-state index in [1.54, 1.807) is 6.33 Å². The predicted octanol–water partition coefficient (Wildman–Crippen LogP) is 2.09. The lowest BCUT2D eigenvalue weighted by atomic mass is 10.2. The Morgan fingerprint density at radius 2 is 2.25 bits per heavy atom. The summed E-state index contributed by atoms with van der Waals surface area (Å²) < 4.78 is 7.28. The second-order valence-corrected chi connectivity index (χ2v) is 4.32. The Morgan fingerprint density at radius 3 is 3.00 bits per heavy atom. The van der Waals surface area contributed by atoms with Crippen molar-refractivity contribution >= 4 is 34.4 Å². The number of fused-ring (bicyclic) bond motifs is 1. The number of rotatable bonds is 1. The Labute approximate surface area is 101 Å². The molecule has 1 aliphatic heterocycles. The van der Waals surface area contributed by atoms with Gasteiger partial charge in [-0.15, -0.1) is 0 Å². The molecule has 84 valence electrons. The molecule has 5 nitrogen and oxygen atoms in total. The van der Waals surface area contributed by atoms with Crippen LogP contribution in [0.1, 0.15) is 12.5 Å². The van der Waals surface area contributed by atoms with Gasteiger partial charge in [-0.25, -0.2) is 9.97 Å². The van der Waals surface area contributed by atoms with Gasteiger partial charge in [-0.2, -0.15) is 4.98 Å². The summed E-state index contributed by atoms with van der Waals surface area (Å²) in [6.07, 6.45) is 2.66. The van der Waals surface area contributed by atoms with Crippen LogP contribution in [0.2, 0.25) is 10.4 Å². The van der Waals surface area contributed by atoms with E-state index in [1.165, 1.54) is 0 Å². The first kappa shape index (κ1) is 10.3. The Bertz CT molecular complexity index is 536. The molecule has 1 saturated heterocycles. The number of imidazole rings is 1. The maximum atomic E-state index is 5.94. The average molecular weight is 259 g/mol. The van der Waals surface area contributed by atoms with E-state index in [4.69, 9.17) is 27.9 Å². The van der Waals surface area contributed by atoms with Crippen molar-refractivity contribution in [2.75, 3.05) is 13.2 Å². The van der Waals surface area contributed by atoms with Gasteiger partial charge in [0, 0.05) is 6.61 Å². The first-order valence-electron chi connectivity index (χ1n) is 4.89. The summed E-state index contributed by atoms with van der Waals surface area (Å²) >= 11 is 11.7. The molecule has 0 saturated carbocycles. The smallest absolute Gasteiger partial charge is 0.225 e. The molecule has 0 spiro atoms. The van der Waals surface area contributed by atoms with Crippen molar-refractivity contribution in [3.63, 3.8) is 0 Å². The molecule has 16 heavy (non-hydrogen) atoms. The molecule has 0 aliphatic carbocycles. The lowest BCUT2D eigenvalue weighted by Crippen LogP contribution is -2.08. The standard InChI is InChI=1S/C9H8Cl2N4O/c10-7-6-8(14-9(11)13-7)15(4-12-6)5-1-2-16-3-5/h4-5H,1-3H2/t5-/m1/s1. The predicted molar refractivity (Wildman–Crippen MR) is 59.8 cm³/mol. The minimum absolute atomic E-state index is 0.137. The van der Waals surface area contributed by atoms with Gasteiger partial charge in [0.25, 0.3) is 0 Å². The minimum atomic E-state index is 0.137. The molecule has 3 heterocycles. The van der Waals surface area contributed by atoms with Crippen LogP contribution < -0.4 is 0 Å². The van der Waals surface area contributed by atoms with Crippen LogP contribution >= 0.6 is 23.2 Å². The van der Waals surface area contributed by atoms with Crippen LogP contribution in [-0.2, 0) is 4.74 Å². The zero-order valence-corrected chi connectivity index (χ0v) is 9.74. The Morgan fingerprint density at radius 1 is 1.38 bits per heavy atom. The van der Waals surface area contributed by atoms with Crippen LogP contribution in [-0.4, -0.2) is 32.7 Å². The van der Waals surface area contributed by atoms with Crippen LogP contribution in [0.3, 0.4) is 0 Å². The topological polar surface area (TPSA) is 52.8 Å². The third-order valence-electron chi connectivity index (χ3n) is 2.65. The van der Waals surface area contributed by atoms with Gasteiger partial charge < -0.3 is 9.30 Å². The van der Waals surface area contributed by atoms with Crippen molar-refractivity contribution in [3.8, 4) is 0 Å². The first-order chi connectivity index (χ1) is 7.75. The van der Waals surface area contributed by atoms with Crippen LogP contribution in [0.15, 0.2) is 6.33 Å². The zero-order valence-electron chi connectivity index (χ0n) is 8.23. The Kier molecular flexibility index (Phi) is 2.46. The van der Waals surface area contributed by atoms with E-state index in [1.807, 2.05) is 4.57 Å². The van der Waals surface area contributed by atoms with Gasteiger partial charge in [0.1, 0.15) is 5.52 Å². The fraction of sp³-hybridized carbons (Fsp3) is 0.444. The summed E-state index contributed by atoms with van der Waals surface area (Å²) in [4.78, 5) is 12.2. The molecular weight excluding hydrogens is 251 g/mol. The largest absolute Gasteiger partial charge is 0.379 e. The van der Waals surface area contributed by atoms with E-state index >= 15 is 0 Å². The molecule has 2 aromatic rings. The molecule has 1 fully saturated rings. The monoisotopic (exact) mass is 258 g/mol. The van der Waals surface area contributed by atoms with Crippen molar-refractivity contribution < 1.29 is 4.74 Å². The fourth-order valence-corrected chi connectivity index (χ4v) is 2.29. The number of ether oxygens (including phenoxy) is 1. The van der Waals surface area contributed by atoms with Crippen molar-refractivity contribution in [1.29, 1.82) is 0 Å². The normalized spacial score (nSPS) is 20.8. The van der Waals surface area contributed by atoms with Gasteiger partial charge >= 0.3 is 0 Å². The quantitative estimate of drug-likeness (QED) is 0.581. The first-order valence-corrected chi connectivity index (χ1v) is 5.64. The lowest BCUT2D eigenvalue weighted by Gasteiger charge is -2.09. The molecule has 0 radical (unpaired) electrons. The second-order valence-electron chi connectivity index (χ2n) is 3.62. The summed E-state index contributed by atoms with van der Waals surface area (Å²) in [6, 6.07) is 0.257. The maximum Gasteiger partial charge on any atom is 0.225 e. The third-order valence-corrected chi connectivity index (χ3v) is 3.08. The van der Waals surface area contributed by atoms with Crippen LogP contribution in [0.25, 0.3) is 11.2 Å². The number of nitrogens with zero attached hydrogens (tertiary/aromatic N) is 4. The molecule has 0 amide bonds. The summed E-state index contributed by atoms with van der Waals surface area (Å²) in [5, 5.41) is 0.422. The van der Waals surface area contributed by atoms with Gasteiger partial charge in [-0.05, 0) is 18.0 Å². The SMILES string of the molecule is Clc1nc(Cl)c2ncn([C@@H]3CCOC3)c2n1. The van der Waals surface area contributed by atoms with Gasteiger partial charge in [-0.3, -0.25) is 0 Å². The summed E-state index contributed by atoms with van der Waals surface area (Å²) in [6.45, 7) is 1.43. The molecule has 1 atom stereocenters. The molecule has 0 N–H and O–H groups in total. The molecule has 0 aromatic carbocycles. The van der Waals surface area contributed by atoms with Gasteiger partial charge in [0.15, 0.2) is 10.8 Å².